The zero-order valence-corrected chi connectivity index (χ0v) is 23.4. The summed E-state index contributed by atoms with van der Waals surface area (Å²) in [6, 6.07) is 15.9. The van der Waals surface area contributed by atoms with Gasteiger partial charge in [0.1, 0.15) is 24.3 Å². The Morgan fingerprint density at radius 3 is 2.15 bits per heavy atom. The maximum Gasteiger partial charge on any atom is 0.263 e. The Balaban J connectivity index is 1.85. The highest BCUT2D eigenvalue weighted by Crippen LogP contribution is 2.30. The SMILES string of the molecule is C[Si](C)(C)CCOCOc1cc(-c2ccccc2)cc2c(=O)n(COCC[Si](C)(C)C)cnc12. The normalized spacial score (nSPS) is 12.3. The monoisotopic (exact) mass is 498 g/mol. The number of aromatic nitrogens is 2. The fourth-order valence-corrected chi connectivity index (χ4v) is 4.83. The molecule has 1 aromatic heterocycles. The van der Waals surface area contributed by atoms with Gasteiger partial charge in [-0.15, -0.1) is 0 Å². The van der Waals surface area contributed by atoms with Crippen molar-refractivity contribution in [2.75, 3.05) is 20.0 Å². The van der Waals surface area contributed by atoms with Crippen LogP contribution in [0.4, 0.5) is 0 Å². The lowest BCUT2D eigenvalue weighted by Gasteiger charge is -2.17. The molecule has 0 N–H and O–H groups in total. The molecule has 0 bridgehead atoms. The molecule has 0 aliphatic carbocycles. The second kappa shape index (κ2) is 11.4. The summed E-state index contributed by atoms with van der Waals surface area (Å²) < 4.78 is 19.0. The molecule has 0 aliphatic heterocycles. The van der Waals surface area contributed by atoms with Gasteiger partial charge in [0.25, 0.3) is 5.56 Å². The largest absolute Gasteiger partial charge is 0.465 e. The van der Waals surface area contributed by atoms with E-state index in [2.05, 4.69) is 44.3 Å². The molecule has 3 aromatic rings. The van der Waals surface area contributed by atoms with E-state index in [-0.39, 0.29) is 19.1 Å². The number of ether oxygens (including phenoxy) is 3. The van der Waals surface area contributed by atoms with E-state index < -0.39 is 16.1 Å². The van der Waals surface area contributed by atoms with Gasteiger partial charge in [-0.25, -0.2) is 4.98 Å². The lowest BCUT2D eigenvalue weighted by Crippen LogP contribution is -2.25. The molecule has 184 valence electrons. The third-order valence-corrected chi connectivity index (χ3v) is 8.93. The van der Waals surface area contributed by atoms with Gasteiger partial charge in [0, 0.05) is 29.4 Å². The summed E-state index contributed by atoms with van der Waals surface area (Å²) in [5.41, 5.74) is 2.31. The third-order valence-electron chi connectivity index (χ3n) is 5.52. The summed E-state index contributed by atoms with van der Waals surface area (Å²) in [5, 5.41) is 0.509. The molecule has 6 nitrogen and oxygen atoms in total. The summed E-state index contributed by atoms with van der Waals surface area (Å²) in [6.45, 7) is 15.5. The Labute approximate surface area is 204 Å². The standard InChI is InChI=1S/C26H38N2O4Si2/c1-33(2,3)14-12-30-19-28-18-27-25-23(26(28)29)16-22(21-10-8-7-9-11-21)17-24(25)32-20-31-13-15-34(4,5)6/h7-11,16-18H,12-15,19-20H2,1-6H3. The van der Waals surface area contributed by atoms with Crippen LogP contribution in [0.2, 0.25) is 51.4 Å². The minimum atomic E-state index is -1.19. The van der Waals surface area contributed by atoms with Gasteiger partial charge in [0.05, 0.1) is 5.39 Å². The van der Waals surface area contributed by atoms with Gasteiger partial charge < -0.3 is 14.2 Å². The molecule has 34 heavy (non-hydrogen) atoms. The number of hydrogen-bond donors (Lipinski definition) is 0. The van der Waals surface area contributed by atoms with E-state index in [0.29, 0.717) is 29.9 Å². The highest BCUT2D eigenvalue weighted by Gasteiger charge is 2.15. The molecule has 0 saturated carbocycles. The Bertz CT molecular complexity index is 1140. The zero-order valence-electron chi connectivity index (χ0n) is 21.4. The molecule has 0 spiro atoms. The van der Waals surface area contributed by atoms with Crippen LogP contribution < -0.4 is 10.3 Å². The summed E-state index contributed by atoms with van der Waals surface area (Å²) in [6.07, 6.45) is 1.54. The first kappa shape index (κ1) is 26.3. The summed E-state index contributed by atoms with van der Waals surface area (Å²) in [4.78, 5) is 17.9. The lowest BCUT2D eigenvalue weighted by atomic mass is 10.0. The molecule has 0 saturated heterocycles. The van der Waals surface area contributed by atoms with Crippen LogP contribution in [0.3, 0.4) is 0 Å². The topological polar surface area (TPSA) is 62.6 Å². The van der Waals surface area contributed by atoms with Gasteiger partial charge >= 0.3 is 0 Å². The Morgan fingerprint density at radius 1 is 0.853 bits per heavy atom. The molecule has 0 amide bonds. The first-order chi connectivity index (χ1) is 16.0. The molecule has 0 atom stereocenters. The molecule has 0 fully saturated rings. The Morgan fingerprint density at radius 2 is 1.50 bits per heavy atom. The van der Waals surface area contributed by atoms with E-state index in [0.717, 1.165) is 23.2 Å². The van der Waals surface area contributed by atoms with Crippen LogP contribution in [-0.4, -0.2) is 45.7 Å². The summed E-state index contributed by atoms with van der Waals surface area (Å²) >= 11 is 0. The van der Waals surface area contributed by atoms with Crippen molar-refractivity contribution in [3.8, 4) is 16.9 Å². The molecule has 0 radical (unpaired) electrons. The number of fused-ring (bicyclic) bond motifs is 1. The number of benzene rings is 2. The molecular formula is C26H38N2O4Si2. The molecule has 3 rings (SSSR count). The van der Waals surface area contributed by atoms with Crippen molar-refractivity contribution in [3.63, 3.8) is 0 Å². The van der Waals surface area contributed by atoms with Crippen LogP contribution in [-0.2, 0) is 16.2 Å². The number of rotatable bonds is 12. The van der Waals surface area contributed by atoms with Gasteiger partial charge in [0.15, 0.2) is 6.79 Å². The quantitative estimate of drug-likeness (QED) is 0.172. The second-order valence-electron chi connectivity index (χ2n) is 11.1. The fraction of sp³-hybridized carbons (Fsp3) is 0.462. The highest BCUT2D eigenvalue weighted by molar-refractivity contribution is 6.76. The van der Waals surface area contributed by atoms with E-state index >= 15 is 0 Å². The van der Waals surface area contributed by atoms with Crippen molar-refractivity contribution in [3.05, 3.63) is 59.1 Å². The van der Waals surface area contributed by atoms with E-state index in [9.17, 15) is 4.79 Å². The van der Waals surface area contributed by atoms with Crippen LogP contribution in [0.1, 0.15) is 0 Å². The molecule has 8 heteroatoms. The van der Waals surface area contributed by atoms with Crippen LogP contribution in [0.5, 0.6) is 5.75 Å². The molecular weight excluding hydrogens is 460 g/mol. The average molecular weight is 499 g/mol. The summed E-state index contributed by atoms with van der Waals surface area (Å²) in [5.74, 6) is 0.549. The fourth-order valence-electron chi connectivity index (χ4n) is 3.32. The van der Waals surface area contributed by atoms with Crippen molar-refractivity contribution in [1.29, 1.82) is 0 Å². The minimum Gasteiger partial charge on any atom is -0.465 e. The van der Waals surface area contributed by atoms with Gasteiger partial charge in [-0.2, -0.15) is 0 Å². The maximum absolute atomic E-state index is 13.3. The second-order valence-corrected chi connectivity index (χ2v) is 22.3. The smallest absolute Gasteiger partial charge is 0.263 e. The summed E-state index contributed by atoms with van der Waals surface area (Å²) in [7, 11) is -2.36. The van der Waals surface area contributed by atoms with Crippen LogP contribution in [0, 0.1) is 0 Å². The van der Waals surface area contributed by atoms with Gasteiger partial charge in [-0.05, 0) is 35.3 Å². The average Bonchev–Trinajstić information content (AvgIpc) is 2.77. The Kier molecular flexibility index (Phi) is 8.86. The highest BCUT2D eigenvalue weighted by atomic mass is 28.3. The van der Waals surface area contributed by atoms with E-state index in [1.54, 1.807) is 6.33 Å². The van der Waals surface area contributed by atoms with Gasteiger partial charge in [-0.3, -0.25) is 9.36 Å². The van der Waals surface area contributed by atoms with Crippen molar-refractivity contribution < 1.29 is 14.2 Å². The third kappa shape index (κ3) is 7.90. The predicted molar refractivity (Wildman–Crippen MR) is 145 cm³/mol. The van der Waals surface area contributed by atoms with Crippen molar-refractivity contribution in [1.82, 2.24) is 9.55 Å². The maximum atomic E-state index is 13.3. The Hall–Kier alpha value is -2.27. The van der Waals surface area contributed by atoms with Crippen LogP contribution in [0.15, 0.2) is 53.6 Å². The number of nitrogens with zero attached hydrogens (tertiary/aromatic N) is 2. The van der Waals surface area contributed by atoms with E-state index in [4.69, 9.17) is 14.2 Å². The van der Waals surface area contributed by atoms with Gasteiger partial charge in [-0.1, -0.05) is 69.6 Å². The van der Waals surface area contributed by atoms with Crippen molar-refractivity contribution in [2.24, 2.45) is 0 Å². The lowest BCUT2D eigenvalue weighted by molar-refractivity contribution is 0.0228. The molecule has 2 aromatic carbocycles. The molecule has 0 aliphatic rings. The van der Waals surface area contributed by atoms with Crippen LogP contribution in [0.25, 0.3) is 22.0 Å². The minimum absolute atomic E-state index is 0.127. The van der Waals surface area contributed by atoms with Gasteiger partial charge in [0.2, 0.25) is 0 Å². The molecule has 1 heterocycles. The zero-order chi connectivity index (χ0) is 24.8. The van der Waals surface area contributed by atoms with Crippen molar-refractivity contribution >= 4 is 27.1 Å². The van der Waals surface area contributed by atoms with E-state index in [1.165, 1.54) is 4.57 Å². The molecule has 0 unspecified atom stereocenters. The first-order valence-corrected chi connectivity index (χ1v) is 19.3. The van der Waals surface area contributed by atoms with Crippen molar-refractivity contribution in [2.45, 2.75) is 58.1 Å². The number of hydrogen-bond acceptors (Lipinski definition) is 5. The van der Waals surface area contributed by atoms with E-state index in [1.807, 2.05) is 42.5 Å². The van der Waals surface area contributed by atoms with Crippen LogP contribution >= 0.6 is 0 Å². The first-order valence-electron chi connectivity index (χ1n) is 11.9. The predicted octanol–water partition coefficient (Wildman–Crippen LogP) is 6.07.